The zero-order valence-corrected chi connectivity index (χ0v) is 11.4. The molecule has 2 aromatic rings. The summed E-state index contributed by atoms with van der Waals surface area (Å²) in [5, 5.41) is 13.8. The van der Waals surface area contributed by atoms with Crippen LogP contribution in [0.5, 0.6) is 5.75 Å². The summed E-state index contributed by atoms with van der Waals surface area (Å²) in [5.74, 6) is -0.186. The molecule has 1 aromatic heterocycles. The van der Waals surface area contributed by atoms with Crippen LogP contribution in [0.4, 0.5) is 4.39 Å². The molecule has 21 heavy (non-hydrogen) atoms. The van der Waals surface area contributed by atoms with Crippen molar-refractivity contribution in [3.63, 3.8) is 0 Å². The molecule has 3 aliphatic heterocycles. The number of fused-ring (bicyclic) bond motifs is 3. The van der Waals surface area contributed by atoms with Gasteiger partial charge in [0.25, 0.3) is 5.89 Å². The van der Waals surface area contributed by atoms with E-state index in [0.29, 0.717) is 5.82 Å². The van der Waals surface area contributed by atoms with Crippen LogP contribution in [-0.2, 0) is 0 Å². The number of phenols is 1. The topological polar surface area (TPSA) is 65.6 Å². The van der Waals surface area contributed by atoms with Gasteiger partial charge in [0.1, 0.15) is 17.1 Å². The third-order valence-corrected chi connectivity index (χ3v) is 4.22. The number of piperazine rings is 3. The number of hydrogen-bond donors (Lipinski definition) is 1. The monoisotopic (exact) mass is 290 g/mol. The van der Waals surface area contributed by atoms with Crippen molar-refractivity contribution >= 4 is 0 Å². The van der Waals surface area contributed by atoms with Crippen molar-refractivity contribution in [1.82, 2.24) is 19.9 Å². The number of benzene rings is 1. The van der Waals surface area contributed by atoms with Gasteiger partial charge in [0.05, 0.1) is 6.04 Å². The molecule has 4 heterocycles. The van der Waals surface area contributed by atoms with Crippen LogP contribution >= 0.6 is 0 Å². The van der Waals surface area contributed by atoms with Gasteiger partial charge in [0, 0.05) is 32.7 Å². The minimum atomic E-state index is -0.570. The van der Waals surface area contributed by atoms with Crippen molar-refractivity contribution in [2.45, 2.75) is 6.04 Å². The maximum absolute atomic E-state index is 13.8. The molecule has 6 nitrogen and oxygen atoms in total. The van der Waals surface area contributed by atoms with Gasteiger partial charge < -0.3 is 9.63 Å². The van der Waals surface area contributed by atoms with Crippen molar-refractivity contribution in [1.29, 1.82) is 0 Å². The maximum Gasteiger partial charge on any atom is 0.264 e. The summed E-state index contributed by atoms with van der Waals surface area (Å²) in [4.78, 5) is 8.98. The molecule has 0 radical (unpaired) electrons. The van der Waals surface area contributed by atoms with Gasteiger partial charge in [-0.15, -0.1) is 0 Å². The van der Waals surface area contributed by atoms with E-state index in [0.717, 1.165) is 32.7 Å². The van der Waals surface area contributed by atoms with E-state index in [1.54, 1.807) is 0 Å². The van der Waals surface area contributed by atoms with Gasteiger partial charge in [-0.2, -0.15) is 4.98 Å². The lowest BCUT2D eigenvalue weighted by molar-refractivity contribution is 0.00781. The average molecular weight is 290 g/mol. The number of rotatable bonds is 2. The van der Waals surface area contributed by atoms with E-state index in [2.05, 4.69) is 19.9 Å². The lowest BCUT2D eigenvalue weighted by Crippen LogP contribution is -2.57. The lowest BCUT2D eigenvalue weighted by Gasteiger charge is -2.46. The van der Waals surface area contributed by atoms with Crippen LogP contribution in [0, 0.1) is 5.82 Å². The molecule has 0 amide bonds. The minimum absolute atomic E-state index is 0.0262. The van der Waals surface area contributed by atoms with Crippen LogP contribution in [0.3, 0.4) is 0 Å². The van der Waals surface area contributed by atoms with Crippen LogP contribution in [0.25, 0.3) is 11.5 Å². The van der Waals surface area contributed by atoms with E-state index in [-0.39, 0.29) is 23.2 Å². The molecule has 5 rings (SSSR count). The molecule has 3 aliphatic rings. The molecule has 1 N–H and O–H groups in total. The highest BCUT2D eigenvalue weighted by molar-refractivity contribution is 5.62. The third-order valence-electron chi connectivity index (χ3n) is 4.22. The molecule has 2 bridgehead atoms. The van der Waals surface area contributed by atoms with E-state index < -0.39 is 5.82 Å². The molecule has 1 unspecified atom stereocenters. The number of aromatic nitrogens is 2. The first-order valence-electron chi connectivity index (χ1n) is 7.00. The van der Waals surface area contributed by atoms with Gasteiger partial charge >= 0.3 is 0 Å². The van der Waals surface area contributed by atoms with Crippen molar-refractivity contribution in [3.05, 3.63) is 29.8 Å². The summed E-state index contributed by atoms with van der Waals surface area (Å²) in [6.45, 7) is 4.96. The van der Waals surface area contributed by atoms with Crippen LogP contribution in [0.1, 0.15) is 11.9 Å². The van der Waals surface area contributed by atoms with Gasteiger partial charge in [-0.3, -0.25) is 9.80 Å². The fraction of sp³-hybridized carbons (Fsp3) is 0.429. The SMILES string of the molecule is Oc1cccc(F)c1-c1nc(C2CN3CCN2CC3)no1. The number of hydrogen-bond acceptors (Lipinski definition) is 6. The number of aromatic hydroxyl groups is 1. The molecular formula is C14H15FN4O2. The van der Waals surface area contributed by atoms with E-state index in [1.807, 2.05) is 0 Å². The highest BCUT2D eigenvalue weighted by atomic mass is 19.1. The smallest absolute Gasteiger partial charge is 0.264 e. The second-order valence-corrected chi connectivity index (χ2v) is 5.44. The second kappa shape index (κ2) is 4.78. The second-order valence-electron chi connectivity index (χ2n) is 5.44. The third kappa shape index (κ3) is 2.09. The Kier molecular flexibility index (Phi) is 2.90. The molecular weight excluding hydrogens is 275 g/mol. The summed E-state index contributed by atoms with van der Waals surface area (Å²) < 4.78 is 19.0. The molecule has 3 saturated heterocycles. The standard InChI is InChI=1S/C14H15FN4O2/c15-9-2-1-3-11(20)12(9)14-16-13(17-21-14)10-8-18-4-6-19(10)7-5-18/h1-3,10,20H,4-8H2. The van der Waals surface area contributed by atoms with Crippen molar-refractivity contribution in [2.75, 3.05) is 32.7 Å². The predicted molar refractivity (Wildman–Crippen MR) is 72.1 cm³/mol. The summed E-state index contributed by atoms with van der Waals surface area (Å²) >= 11 is 0. The number of halogens is 1. The lowest BCUT2D eigenvalue weighted by atomic mass is 10.1. The molecule has 3 fully saturated rings. The van der Waals surface area contributed by atoms with Crippen LogP contribution in [0.15, 0.2) is 22.7 Å². The average Bonchev–Trinajstić information content (AvgIpc) is 2.98. The zero-order valence-electron chi connectivity index (χ0n) is 11.4. The number of nitrogens with zero attached hydrogens (tertiary/aromatic N) is 4. The van der Waals surface area contributed by atoms with Gasteiger partial charge in [0.2, 0.25) is 0 Å². The van der Waals surface area contributed by atoms with Crippen LogP contribution in [-0.4, -0.2) is 57.8 Å². The largest absolute Gasteiger partial charge is 0.507 e. The van der Waals surface area contributed by atoms with E-state index in [1.165, 1.54) is 18.2 Å². The first kappa shape index (κ1) is 12.7. The molecule has 1 aromatic carbocycles. The predicted octanol–water partition coefficient (Wildman–Crippen LogP) is 1.25. The fourth-order valence-corrected chi connectivity index (χ4v) is 3.06. The van der Waals surface area contributed by atoms with Gasteiger partial charge in [-0.25, -0.2) is 4.39 Å². The summed E-state index contributed by atoms with van der Waals surface area (Å²) in [6.07, 6.45) is 0. The summed E-state index contributed by atoms with van der Waals surface area (Å²) in [6, 6.07) is 4.18. The van der Waals surface area contributed by atoms with Crippen molar-refractivity contribution < 1.29 is 14.0 Å². The Morgan fingerprint density at radius 3 is 2.71 bits per heavy atom. The maximum atomic E-state index is 13.8. The quantitative estimate of drug-likeness (QED) is 0.898. The van der Waals surface area contributed by atoms with Crippen LogP contribution in [0.2, 0.25) is 0 Å². The Morgan fingerprint density at radius 1 is 1.24 bits per heavy atom. The molecule has 7 heteroatoms. The highest BCUT2D eigenvalue weighted by Gasteiger charge is 2.36. The first-order valence-corrected chi connectivity index (χ1v) is 7.00. The fourth-order valence-electron chi connectivity index (χ4n) is 3.06. The van der Waals surface area contributed by atoms with Gasteiger partial charge in [-0.05, 0) is 12.1 Å². The van der Waals surface area contributed by atoms with E-state index in [9.17, 15) is 9.50 Å². The Balaban J connectivity index is 1.67. The summed E-state index contributed by atoms with van der Waals surface area (Å²) in [7, 11) is 0. The van der Waals surface area contributed by atoms with E-state index in [4.69, 9.17) is 4.52 Å². The van der Waals surface area contributed by atoms with Gasteiger partial charge in [0.15, 0.2) is 5.82 Å². The Bertz CT molecular complexity index is 646. The zero-order chi connectivity index (χ0) is 14.4. The molecule has 0 aliphatic carbocycles. The Labute approximate surface area is 120 Å². The van der Waals surface area contributed by atoms with Crippen molar-refractivity contribution in [2.24, 2.45) is 0 Å². The van der Waals surface area contributed by atoms with Crippen LogP contribution < -0.4 is 0 Å². The van der Waals surface area contributed by atoms with E-state index >= 15 is 0 Å². The number of phenolic OH excluding ortho intramolecular Hbond substituents is 1. The normalized spacial score (nSPS) is 28.0. The first-order chi connectivity index (χ1) is 10.2. The highest BCUT2D eigenvalue weighted by Crippen LogP contribution is 2.33. The Hall–Kier alpha value is -1.99. The molecule has 110 valence electrons. The molecule has 0 saturated carbocycles. The molecule has 1 atom stereocenters. The summed E-state index contributed by atoms with van der Waals surface area (Å²) in [5.41, 5.74) is -0.0347. The minimum Gasteiger partial charge on any atom is -0.507 e. The van der Waals surface area contributed by atoms with Crippen molar-refractivity contribution in [3.8, 4) is 17.2 Å². The molecule has 0 spiro atoms. The van der Waals surface area contributed by atoms with Gasteiger partial charge in [-0.1, -0.05) is 11.2 Å². The Morgan fingerprint density at radius 2 is 2.05 bits per heavy atom.